The minimum atomic E-state index is -2.92. The number of hydrogen-bond acceptors (Lipinski definition) is 5. The van der Waals surface area contributed by atoms with E-state index < -0.39 is 9.84 Å². The molecule has 3 rings (SSSR count). The van der Waals surface area contributed by atoms with Gasteiger partial charge in [-0.15, -0.1) is 22.7 Å². The normalized spacial score (nSPS) is 19.9. The van der Waals surface area contributed by atoms with Crippen LogP contribution in [0.3, 0.4) is 0 Å². The zero-order valence-corrected chi connectivity index (χ0v) is 13.7. The summed E-state index contributed by atoms with van der Waals surface area (Å²) in [6, 6.07) is 6.63. The fourth-order valence-electron chi connectivity index (χ4n) is 2.67. The lowest BCUT2D eigenvalue weighted by molar-refractivity contribution is 0.231. The highest BCUT2D eigenvalue weighted by atomic mass is 32.2. The molecule has 6 heteroatoms. The quantitative estimate of drug-likeness (QED) is 0.866. The Bertz CT molecular complexity index is 673. The molecule has 3 nitrogen and oxygen atoms in total. The van der Waals surface area contributed by atoms with Crippen molar-refractivity contribution in [2.24, 2.45) is 0 Å². The number of sulfone groups is 1. The topological polar surface area (TPSA) is 37.4 Å². The van der Waals surface area contributed by atoms with E-state index in [1.807, 2.05) is 11.3 Å². The first kappa shape index (κ1) is 14.3. The van der Waals surface area contributed by atoms with Crippen LogP contribution in [0.15, 0.2) is 29.0 Å². The first-order valence-electron chi connectivity index (χ1n) is 6.56. The van der Waals surface area contributed by atoms with E-state index in [4.69, 9.17) is 0 Å². The number of hydrogen-bond donors (Lipinski definition) is 0. The minimum absolute atomic E-state index is 0.228. The standard InChI is InChI=1S/C14H17NO2S3/c1-20(16,17)10-7-15-6-4-12-11(5-9-19-12)14(15)13-3-2-8-18-13/h2-3,5,8-9,14H,4,6-7,10H2,1H3. The van der Waals surface area contributed by atoms with Crippen molar-refractivity contribution in [1.82, 2.24) is 4.90 Å². The van der Waals surface area contributed by atoms with Gasteiger partial charge < -0.3 is 0 Å². The second-order valence-electron chi connectivity index (χ2n) is 5.13. The molecule has 0 fully saturated rings. The van der Waals surface area contributed by atoms with Crippen LogP contribution in [0.25, 0.3) is 0 Å². The van der Waals surface area contributed by atoms with E-state index in [2.05, 4.69) is 33.9 Å². The maximum atomic E-state index is 11.4. The highest BCUT2D eigenvalue weighted by Crippen LogP contribution is 2.39. The Labute approximate surface area is 127 Å². The molecule has 1 aliphatic rings. The molecule has 1 unspecified atom stereocenters. The van der Waals surface area contributed by atoms with Crippen molar-refractivity contribution in [2.45, 2.75) is 12.5 Å². The van der Waals surface area contributed by atoms with Gasteiger partial charge in [-0.3, -0.25) is 4.90 Å². The van der Waals surface area contributed by atoms with Gasteiger partial charge in [0.15, 0.2) is 0 Å². The Balaban J connectivity index is 1.90. The predicted molar refractivity (Wildman–Crippen MR) is 85.5 cm³/mol. The average molecular weight is 327 g/mol. The van der Waals surface area contributed by atoms with E-state index in [1.54, 1.807) is 11.3 Å². The molecule has 1 aliphatic heterocycles. The van der Waals surface area contributed by atoms with Crippen LogP contribution in [-0.2, 0) is 16.3 Å². The van der Waals surface area contributed by atoms with Crippen molar-refractivity contribution in [3.63, 3.8) is 0 Å². The summed E-state index contributed by atoms with van der Waals surface area (Å²) in [5, 5.41) is 4.23. The predicted octanol–water partition coefficient (Wildman–Crippen LogP) is 2.80. The minimum Gasteiger partial charge on any atom is -0.290 e. The van der Waals surface area contributed by atoms with Crippen molar-refractivity contribution in [3.05, 3.63) is 44.3 Å². The first-order valence-corrected chi connectivity index (χ1v) is 10.4. The smallest absolute Gasteiger partial charge is 0.148 e. The lowest BCUT2D eigenvalue weighted by Gasteiger charge is -2.35. The Kier molecular flexibility index (Phi) is 3.99. The van der Waals surface area contributed by atoms with Gasteiger partial charge in [0.2, 0.25) is 0 Å². The summed E-state index contributed by atoms with van der Waals surface area (Å²) in [5.74, 6) is 0.231. The molecule has 0 spiro atoms. The highest BCUT2D eigenvalue weighted by molar-refractivity contribution is 7.90. The number of thiophene rings is 2. The van der Waals surface area contributed by atoms with Crippen LogP contribution in [0.5, 0.6) is 0 Å². The van der Waals surface area contributed by atoms with Gasteiger partial charge in [-0.2, -0.15) is 0 Å². The molecule has 108 valence electrons. The Morgan fingerprint density at radius 2 is 2.15 bits per heavy atom. The van der Waals surface area contributed by atoms with Crippen molar-refractivity contribution in [2.75, 3.05) is 25.1 Å². The van der Waals surface area contributed by atoms with E-state index in [-0.39, 0.29) is 11.8 Å². The summed E-state index contributed by atoms with van der Waals surface area (Å²) in [6.45, 7) is 1.54. The molecular formula is C14H17NO2S3. The van der Waals surface area contributed by atoms with Gasteiger partial charge in [0, 0.05) is 29.1 Å². The molecular weight excluding hydrogens is 310 g/mol. The third-order valence-corrected chi connectivity index (χ3v) is 6.47. The lowest BCUT2D eigenvalue weighted by atomic mass is 9.99. The largest absolute Gasteiger partial charge is 0.290 e. The van der Waals surface area contributed by atoms with Crippen LogP contribution in [-0.4, -0.2) is 38.4 Å². The van der Waals surface area contributed by atoms with Gasteiger partial charge in [-0.25, -0.2) is 8.42 Å². The molecule has 3 heterocycles. The molecule has 20 heavy (non-hydrogen) atoms. The molecule has 2 aromatic heterocycles. The van der Waals surface area contributed by atoms with Gasteiger partial charge >= 0.3 is 0 Å². The molecule has 0 radical (unpaired) electrons. The lowest BCUT2D eigenvalue weighted by Crippen LogP contribution is -2.38. The van der Waals surface area contributed by atoms with Crippen LogP contribution < -0.4 is 0 Å². The maximum absolute atomic E-state index is 11.4. The average Bonchev–Trinajstić information content (AvgIpc) is 3.05. The molecule has 0 saturated heterocycles. The maximum Gasteiger partial charge on any atom is 0.148 e. The Morgan fingerprint density at radius 3 is 2.85 bits per heavy atom. The summed E-state index contributed by atoms with van der Waals surface area (Å²) < 4.78 is 22.9. The van der Waals surface area contributed by atoms with E-state index in [0.29, 0.717) is 6.54 Å². The fraction of sp³-hybridized carbons (Fsp3) is 0.429. The van der Waals surface area contributed by atoms with Crippen molar-refractivity contribution in [1.29, 1.82) is 0 Å². The molecule has 1 atom stereocenters. The number of nitrogens with zero attached hydrogens (tertiary/aromatic N) is 1. The Hall–Kier alpha value is -0.690. The molecule has 0 aliphatic carbocycles. The zero-order chi connectivity index (χ0) is 14.2. The van der Waals surface area contributed by atoms with Crippen LogP contribution >= 0.6 is 22.7 Å². The van der Waals surface area contributed by atoms with Crippen LogP contribution in [0.2, 0.25) is 0 Å². The zero-order valence-electron chi connectivity index (χ0n) is 11.3. The SMILES string of the molecule is CS(=O)(=O)CCN1CCc2sccc2C1c1cccs1. The monoisotopic (exact) mass is 327 g/mol. The molecule has 2 aromatic rings. The summed E-state index contributed by atoms with van der Waals surface area (Å²) in [5.41, 5.74) is 1.36. The first-order chi connectivity index (χ1) is 9.54. The van der Waals surface area contributed by atoms with E-state index in [1.165, 1.54) is 21.6 Å². The van der Waals surface area contributed by atoms with Gasteiger partial charge in [0.05, 0.1) is 11.8 Å². The van der Waals surface area contributed by atoms with Crippen molar-refractivity contribution >= 4 is 32.5 Å². The molecule has 0 N–H and O–H groups in total. The Morgan fingerprint density at radius 1 is 1.30 bits per heavy atom. The van der Waals surface area contributed by atoms with Crippen LogP contribution in [0.4, 0.5) is 0 Å². The fourth-order valence-corrected chi connectivity index (χ4v) is 5.02. The third kappa shape index (κ3) is 2.98. The van der Waals surface area contributed by atoms with E-state index in [9.17, 15) is 8.42 Å². The molecule has 0 aromatic carbocycles. The van der Waals surface area contributed by atoms with Crippen LogP contribution in [0.1, 0.15) is 21.4 Å². The number of rotatable bonds is 4. The third-order valence-electron chi connectivity index (χ3n) is 3.63. The summed E-state index contributed by atoms with van der Waals surface area (Å²) in [6.07, 6.45) is 2.34. The van der Waals surface area contributed by atoms with E-state index >= 15 is 0 Å². The second-order valence-corrected chi connectivity index (χ2v) is 9.37. The van der Waals surface area contributed by atoms with Gasteiger partial charge in [0.25, 0.3) is 0 Å². The summed E-state index contributed by atoms with van der Waals surface area (Å²) in [4.78, 5) is 5.05. The van der Waals surface area contributed by atoms with Crippen LogP contribution in [0, 0.1) is 0 Å². The number of fused-ring (bicyclic) bond motifs is 1. The van der Waals surface area contributed by atoms with Gasteiger partial charge in [-0.05, 0) is 34.9 Å². The molecule has 0 bridgehead atoms. The van der Waals surface area contributed by atoms with Crippen molar-refractivity contribution < 1.29 is 8.42 Å². The van der Waals surface area contributed by atoms with Gasteiger partial charge in [-0.1, -0.05) is 6.07 Å². The highest BCUT2D eigenvalue weighted by Gasteiger charge is 2.30. The van der Waals surface area contributed by atoms with E-state index in [0.717, 1.165) is 13.0 Å². The molecule has 0 amide bonds. The van der Waals surface area contributed by atoms with Gasteiger partial charge in [0.1, 0.15) is 9.84 Å². The molecule has 0 saturated carbocycles. The van der Waals surface area contributed by atoms with Crippen molar-refractivity contribution in [3.8, 4) is 0 Å². The summed E-state index contributed by atoms with van der Waals surface area (Å²) in [7, 11) is -2.92. The second kappa shape index (κ2) is 5.60. The summed E-state index contributed by atoms with van der Waals surface area (Å²) >= 11 is 3.56.